The third-order valence-corrected chi connectivity index (χ3v) is 1.52. The van der Waals surface area contributed by atoms with Gasteiger partial charge in [0.15, 0.2) is 0 Å². The van der Waals surface area contributed by atoms with Crippen LogP contribution < -0.4 is 0 Å². The molecule has 0 fully saturated rings. The zero-order valence-electron chi connectivity index (χ0n) is 6.60. The van der Waals surface area contributed by atoms with Crippen LogP contribution in [0.15, 0.2) is 24.3 Å². The summed E-state index contributed by atoms with van der Waals surface area (Å²) < 4.78 is 12.6. The Hall–Kier alpha value is -0.890. The van der Waals surface area contributed by atoms with Crippen LogP contribution in [-0.4, -0.2) is 0 Å². The maximum Gasteiger partial charge on any atom is 0.123 e. The lowest BCUT2D eigenvalue weighted by Gasteiger charge is -2.13. The summed E-state index contributed by atoms with van der Waals surface area (Å²) in [7, 11) is 0. The highest BCUT2D eigenvalue weighted by molar-refractivity contribution is 5.21. The fourth-order valence-corrected chi connectivity index (χ4v) is 0.863. The van der Waals surface area contributed by atoms with Crippen molar-refractivity contribution in [1.29, 1.82) is 0 Å². The van der Waals surface area contributed by atoms with Crippen LogP contribution in [0, 0.1) is 5.82 Å². The summed E-state index contributed by atoms with van der Waals surface area (Å²) in [6.07, 6.45) is 0. The molecule has 59 valence electrons. The Morgan fingerprint density at radius 2 is 2.00 bits per heavy atom. The molecule has 0 N–H and O–H groups in total. The molecular weight excluding hydrogens is 143 g/mol. The lowest BCUT2D eigenvalue weighted by atomic mass is 9.99. The van der Waals surface area contributed by atoms with Crippen LogP contribution in [0.5, 0.6) is 0 Å². The van der Waals surface area contributed by atoms with Gasteiger partial charge in [-0.25, -0.2) is 9.50 Å². The Morgan fingerprint density at radius 1 is 1.36 bits per heavy atom. The maximum atomic E-state index is 12.6. The molecule has 0 aromatic heterocycles. The molecule has 0 unspecified atom stereocenters. The van der Waals surface area contributed by atoms with Crippen molar-refractivity contribution in [2.24, 2.45) is 0 Å². The van der Waals surface area contributed by atoms with Crippen molar-refractivity contribution in [3.8, 4) is 0 Å². The quantitative estimate of drug-likeness (QED) is 0.590. The molecule has 11 heavy (non-hydrogen) atoms. The standard InChI is InChI=1S/C9H10FO/c1-9(2,11)7-4-3-5-8(10)6-7/h3-6H,1-2H3. The van der Waals surface area contributed by atoms with Gasteiger partial charge in [0.1, 0.15) is 11.4 Å². The average Bonchev–Trinajstić information content (AvgIpc) is 1.86. The van der Waals surface area contributed by atoms with Crippen molar-refractivity contribution in [2.75, 3.05) is 0 Å². The summed E-state index contributed by atoms with van der Waals surface area (Å²) >= 11 is 0. The molecule has 0 saturated carbocycles. The maximum absolute atomic E-state index is 12.6. The molecule has 0 bridgehead atoms. The Kier molecular flexibility index (Phi) is 1.96. The Balaban J connectivity index is 3.06. The highest BCUT2D eigenvalue weighted by Gasteiger charge is 2.18. The molecule has 1 aromatic rings. The number of benzene rings is 1. The summed E-state index contributed by atoms with van der Waals surface area (Å²) in [6, 6.07) is 5.78. The van der Waals surface area contributed by atoms with Crippen molar-refractivity contribution >= 4 is 0 Å². The summed E-state index contributed by atoms with van der Waals surface area (Å²) in [6.45, 7) is 3.03. The normalized spacial score (nSPS) is 11.6. The van der Waals surface area contributed by atoms with Crippen LogP contribution in [-0.2, 0) is 10.7 Å². The van der Waals surface area contributed by atoms with Gasteiger partial charge in [-0.1, -0.05) is 12.1 Å². The van der Waals surface area contributed by atoms with E-state index in [1.165, 1.54) is 26.0 Å². The molecule has 1 nitrogen and oxygen atoms in total. The average molecular weight is 153 g/mol. The molecule has 0 aliphatic heterocycles. The Bertz CT molecular complexity index is 250. The molecule has 0 spiro atoms. The van der Waals surface area contributed by atoms with Gasteiger partial charge in [0.2, 0.25) is 0 Å². The van der Waals surface area contributed by atoms with Crippen LogP contribution in [0.1, 0.15) is 19.4 Å². The Labute approximate surface area is 65.5 Å². The first-order valence-corrected chi connectivity index (χ1v) is 3.46. The highest BCUT2D eigenvalue weighted by atomic mass is 19.1. The lowest BCUT2D eigenvalue weighted by Crippen LogP contribution is -2.13. The monoisotopic (exact) mass is 153 g/mol. The molecule has 0 saturated heterocycles. The molecule has 1 radical (unpaired) electrons. The largest absolute Gasteiger partial charge is 0.225 e. The van der Waals surface area contributed by atoms with Gasteiger partial charge in [-0.3, -0.25) is 0 Å². The third-order valence-electron chi connectivity index (χ3n) is 1.52. The number of hydrogen-bond donors (Lipinski definition) is 0. The zero-order chi connectivity index (χ0) is 8.48. The van der Waals surface area contributed by atoms with Gasteiger partial charge in [-0.2, -0.15) is 0 Å². The van der Waals surface area contributed by atoms with E-state index in [0.29, 0.717) is 5.56 Å². The van der Waals surface area contributed by atoms with Gasteiger partial charge in [-0.05, 0) is 31.5 Å². The first kappa shape index (κ1) is 8.21. The summed E-state index contributed by atoms with van der Waals surface area (Å²) in [5.74, 6) is -0.355. The van der Waals surface area contributed by atoms with Crippen molar-refractivity contribution in [2.45, 2.75) is 19.4 Å². The minimum atomic E-state index is -1.21. The van der Waals surface area contributed by atoms with Crippen LogP contribution in [0.2, 0.25) is 0 Å². The fraction of sp³-hybridized carbons (Fsp3) is 0.333. The second kappa shape index (κ2) is 2.62. The third kappa shape index (κ3) is 2.02. The van der Waals surface area contributed by atoms with E-state index in [-0.39, 0.29) is 5.82 Å². The minimum absolute atomic E-state index is 0.355. The molecule has 0 atom stereocenters. The number of hydrogen-bond acceptors (Lipinski definition) is 0. The van der Waals surface area contributed by atoms with Gasteiger partial charge < -0.3 is 0 Å². The van der Waals surface area contributed by atoms with E-state index >= 15 is 0 Å². The van der Waals surface area contributed by atoms with E-state index in [1.807, 2.05) is 0 Å². The lowest BCUT2D eigenvalue weighted by molar-refractivity contribution is -0.000349. The van der Waals surface area contributed by atoms with Gasteiger partial charge in [0.25, 0.3) is 0 Å². The second-order valence-corrected chi connectivity index (χ2v) is 3.02. The van der Waals surface area contributed by atoms with Crippen LogP contribution in [0.3, 0.4) is 0 Å². The van der Waals surface area contributed by atoms with E-state index in [9.17, 15) is 9.50 Å². The van der Waals surface area contributed by atoms with E-state index in [2.05, 4.69) is 0 Å². The van der Waals surface area contributed by atoms with Crippen molar-refractivity contribution < 1.29 is 9.50 Å². The minimum Gasteiger partial charge on any atom is -0.225 e. The first-order valence-electron chi connectivity index (χ1n) is 3.46. The second-order valence-electron chi connectivity index (χ2n) is 3.02. The van der Waals surface area contributed by atoms with Crippen molar-refractivity contribution in [1.82, 2.24) is 0 Å². The molecule has 2 heteroatoms. The smallest absolute Gasteiger partial charge is 0.123 e. The van der Waals surface area contributed by atoms with Crippen LogP contribution in [0.25, 0.3) is 0 Å². The zero-order valence-corrected chi connectivity index (χ0v) is 6.60. The van der Waals surface area contributed by atoms with Crippen molar-refractivity contribution in [3.05, 3.63) is 35.6 Å². The number of rotatable bonds is 1. The highest BCUT2D eigenvalue weighted by Crippen LogP contribution is 2.20. The van der Waals surface area contributed by atoms with E-state index in [0.717, 1.165) is 0 Å². The molecule has 0 heterocycles. The molecule has 1 rings (SSSR count). The van der Waals surface area contributed by atoms with E-state index in [1.54, 1.807) is 12.1 Å². The molecule has 0 aliphatic rings. The summed E-state index contributed by atoms with van der Waals surface area (Å²) in [5, 5.41) is 11.3. The molecule has 0 amide bonds. The SMILES string of the molecule is CC(C)([O])c1cccc(F)c1. The van der Waals surface area contributed by atoms with E-state index < -0.39 is 5.60 Å². The molecular formula is C9H10FO. The molecule has 0 aliphatic carbocycles. The predicted molar refractivity (Wildman–Crippen MR) is 40.1 cm³/mol. The summed E-state index contributed by atoms with van der Waals surface area (Å²) in [5.41, 5.74) is -0.722. The molecule has 1 aromatic carbocycles. The van der Waals surface area contributed by atoms with Gasteiger partial charge >= 0.3 is 0 Å². The van der Waals surface area contributed by atoms with Crippen LogP contribution >= 0.6 is 0 Å². The van der Waals surface area contributed by atoms with Gasteiger partial charge in [-0.15, -0.1) is 0 Å². The summed E-state index contributed by atoms with van der Waals surface area (Å²) in [4.78, 5) is 0. The van der Waals surface area contributed by atoms with Gasteiger partial charge in [0, 0.05) is 0 Å². The van der Waals surface area contributed by atoms with E-state index in [4.69, 9.17) is 0 Å². The first-order chi connectivity index (χ1) is 5.00. The van der Waals surface area contributed by atoms with Crippen molar-refractivity contribution in [3.63, 3.8) is 0 Å². The van der Waals surface area contributed by atoms with Gasteiger partial charge in [0.05, 0.1) is 0 Å². The number of halogens is 1. The topological polar surface area (TPSA) is 19.9 Å². The Morgan fingerprint density at radius 3 is 2.36 bits per heavy atom. The van der Waals surface area contributed by atoms with Crippen LogP contribution in [0.4, 0.5) is 4.39 Å². The predicted octanol–water partition coefficient (Wildman–Crippen LogP) is 2.49. The fourth-order valence-electron chi connectivity index (χ4n) is 0.863.